The summed E-state index contributed by atoms with van der Waals surface area (Å²) in [6, 6.07) is 15.9. The second-order valence-electron chi connectivity index (χ2n) is 8.61. The van der Waals surface area contributed by atoms with Crippen molar-refractivity contribution in [2.45, 2.75) is 13.1 Å². The normalized spacial score (nSPS) is 13.4. The Hall–Kier alpha value is -4.21. The molecule has 36 heavy (non-hydrogen) atoms. The highest BCUT2D eigenvalue weighted by Gasteiger charge is 2.21. The number of aromatic nitrogens is 7. The number of nitrogens with one attached hydrogen (secondary N) is 1. The van der Waals surface area contributed by atoms with E-state index >= 15 is 0 Å². The van der Waals surface area contributed by atoms with E-state index in [4.69, 9.17) is 21.6 Å². The number of benzene rings is 1. The van der Waals surface area contributed by atoms with Crippen LogP contribution in [0, 0.1) is 5.82 Å². The van der Waals surface area contributed by atoms with E-state index in [0.29, 0.717) is 45.4 Å². The predicted octanol–water partition coefficient (Wildman–Crippen LogP) is 4.77. The van der Waals surface area contributed by atoms with E-state index in [9.17, 15) is 4.39 Å². The molecule has 0 amide bonds. The fourth-order valence-electron chi connectivity index (χ4n) is 4.68. The Kier molecular flexibility index (Phi) is 4.80. The molecule has 5 aromatic heterocycles. The van der Waals surface area contributed by atoms with Gasteiger partial charge in [0.2, 0.25) is 0 Å². The summed E-state index contributed by atoms with van der Waals surface area (Å²) < 4.78 is 18.7. The first-order valence-corrected chi connectivity index (χ1v) is 11.9. The summed E-state index contributed by atoms with van der Waals surface area (Å²) in [6.07, 6.45) is 3.68. The van der Waals surface area contributed by atoms with Crippen molar-refractivity contribution >= 4 is 28.3 Å². The highest BCUT2D eigenvalue weighted by molar-refractivity contribution is 6.30. The van der Waals surface area contributed by atoms with Gasteiger partial charge >= 0.3 is 0 Å². The average molecular weight is 497 g/mol. The summed E-state index contributed by atoms with van der Waals surface area (Å²) in [5.74, 6) is -0.403. The maximum atomic E-state index is 14.9. The third-order valence-electron chi connectivity index (χ3n) is 6.40. The minimum absolute atomic E-state index is 0.318. The summed E-state index contributed by atoms with van der Waals surface area (Å²) in [5, 5.41) is 12.5. The highest BCUT2D eigenvalue weighted by atomic mass is 35.5. The van der Waals surface area contributed by atoms with Crippen molar-refractivity contribution in [1.82, 2.24) is 39.7 Å². The topological polar surface area (TPSA) is 85.8 Å². The summed E-state index contributed by atoms with van der Waals surface area (Å²) >= 11 is 6.22. The van der Waals surface area contributed by atoms with Crippen molar-refractivity contribution in [2.75, 3.05) is 6.54 Å². The quantitative estimate of drug-likeness (QED) is 0.380. The molecule has 0 bridgehead atoms. The van der Waals surface area contributed by atoms with Crippen LogP contribution in [0.5, 0.6) is 0 Å². The molecule has 0 unspecified atom stereocenters. The Labute approximate surface area is 209 Å². The highest BCUT2D eigenvalue weighted by Crippen LogP contribution is 2.35. The van der Waals surface area contributed by atoms with Gasteiger partial charge in [-0.25, -0.2) is 19.0 Å². The van der Waals surface area contributed by atoms with Gasteiger partial charge in [0.15, 0.2) is 0 Å². The van der Waals surface area contributed by atoms with Gasteiger partial charge in [-0.2, -0.15) is 0 Å². The van der Waals surface area contributed by atoms with E-state index in [1.54, 1.807) is 12.3 Å². The van der Waals surface area contributed by atoms with Crippen LogP contribution in [0.15, 0.2) is 67.0 Å². The zero-order valence-electron chi connectivity index (χ0n) is 18.9. The zero-order valence-corrected chi connectivity index (χ0v) is 19.6. The molecule has 0 atom stereocenters. The van der Waals surface area contributed by atoms with E-state index < -0.39 is 5.82 Å². The second kappa shape index (κ2) is 8.18. The van der Waals surface area contributed by atoms with Crippen molar-refractivity contribution in [1.29, 1.82) is 0 Å². The molecule has 10 heteroatoms. The lowest BCUT2D eigenvalue weighted by molar-refractivity contribution is 0.468. The van der Waals surface area contributed by atoms with Gasteiger partial charge in [0.25, 0.3) is 0 Å². The van der Waals surface area contributed by atoms with E-state index in [-0.39, 0.29) is 0 Å². The predicted molar refractivity (Wildman–Crippen MR) is 135 cm³/mol. The van der Waals surface area contributed by atoms with Gasteiger partial charge in [-0.05, 0) is 48.5 Å². The van der Waals surface area contributed by atoms with Crippen molar-refractivity contribution in [2.24, 2.45) is 0 Å². The first-order chi connectivity index (χ1) is 17.7. The number of hydrogen-bond acceptors (Lipinski definition) is 6. The number of imidazole rings is 1. The summed E-state index contributed by atoms with van der Waals surface area (Å²) in [7, 11) is 0. The Morgan fingerprint density at radius 3 is 2.86 bits per heavy atom. The third-order valence-corrected chi connectivity index (χ3v) is 6.63. The number of hydrogen-bond donors (Lipinski definition) is 1. The Balaban J connectivity index is 1.43. The molecule has 0 saturated heterocycles. The standard InChI is InChI=1S/C26H18ClFN8/c27-16-4-5-18(28)17(12-16)25-26(35-9-2-1-3-23(35)32-25)20-7-6-19-21(31-20)11-15(13-30-19)24-22-14-29-8-10-36(22)34-33-24/h1-7,9,11-13,29H,8,10,14H2. The van der Waals surface area contributed by atoms with Crippen LogP contribution in [-0.4, -0.2) is 40.9 Å². The van der Waals surface area contributed by atoms with Crippen molar-refractivity contribution < 1.29 is 4.39 Å². The third kappa shape index (κ3) is 3.35. The maximum Gasteiger partial charge on any atom is 0.137 e. The lowest BCUT2D eigenvalue weighted by Gasteiger charge is -2.14. The molecule has 8 nitrogen and oxygen atoms in total. The molecule has 6 heterocycles. The first-order valence-electron chi connectivity index (χ1n) is 11.5. The number of halogens is 2. The van der Waals surface area contributed by atoms with Crippen LogP contribution in [0.25, 0.3) is 50.6 Å². The van der Waals surface area contributed by atoms with Gasteiger partial charge in [0, 0.05) is 41.6 Å². The van der Waals surface area contributed by atoms with Crippen LogP contribution in [0.2, 0.25) is 5.02 Å². The van der Waals surface area contributed by atoms with E-state index in [0.717, 1.165) is 35.6 Å². The molecular formula is C26H18ClFN8. The van der Waals surface area contributed by atoms with Gasteiger partial charge in [0.1, 0.15) is 22.9 Å². The largest absolute Gasteiger partial charge is 0.309 e. The van der Waals surface area contributed by atoms with Crippen LogP contribution < -0.4 is 5.32 Å². The molecule has 0 radical (unpaired) electrons. The van der Waals surface area contributed by atoms with Gasteiger partial charge < -0.3 is 5.32 Å². The Morgan fingerprint density at radius 1 is 0.972 bits per heavy atom. The molecule has 0 spiro atoms. The molecule has 1 aliphatic rings. The van der Waals surface area contributed by atoms with E-state index in [2.05, 4.69) is 20.6 Å². The van der Waals surface area contributed by atoms with Crippen LogP contribution in [0.3, 0.4) is 0 Å². The summed E-state index contributed by atoms with van der Waals surface area (Å²) in [6.45, 7) is 2.35. The summed E-state index contributed by atoms with van der Waals surface area (Å²) in [5.41, 5.74) is 6.87. The molecule has 1 aromatic carbocycles. The van der Waals surface area contributed by atoms with Gasteiger partial charge in [-0.3, -0.25) is 9.38 Å². The van der Waals surface area contributed by atoms with Gasteiger partial charge in [-0.1, -0.05) is 22.9 Å². The monoisotopic (exact) mass is 496 g/mol. The number of rotatable bonds is 3. The maximum absolute atomic E-state index is 14.9. The number of nitrogens with zero attached hydrogens (tertiary/aromatic N) is 7. The SMILES string of the molecule is Fc1ccc(Cl)cc1-c1nc2ccccn2c1-c1ccc2ncc(-c3nnn4c3CNCC4)cc2n1. The molecule has 0 saturated carbocycles. The van der Waals surface area contributed by atoms with Crippen LogP contribution in [-0.2, 0) is 13.1 Å². The number of fused-ring (bicyclic) bond motifs is 3. The molecule has 7 rings (SSSR count). The minimum atomic E-state index is -0.403. The lowest BCUT2D eigenvalue weighted by atomic mass is 10.1. The minimum Gasteiger partial charge on any atom is -0.309 e. The fourth-order valence-corrected chi connectivity index (χ4v) is 4.85. The molecule has 0 fully saturated rings. The lowest BCUT2D eigenvalue weighted by Crippen LogP contribution is -2.28. The smallest absolute Gasteiger partial charge is 0.137 e. The van der Waals surface area contributed by atoms with E-state index in [1.165, 1.54) is 12.1 Å². The van der Waals surface area contributed by atoms with Gasteiger partial charge in [0.05, 0.1) is 34.7 Å². The molecule has 176 valence electrons. The van der Waals surface area contributed by atoms with Crippen LogP contribution in [0.1, 0.15) is 5.69 Å². The second-order valence-corrected chi connectivity index (χ2v) is 9.04. The number of pyridine rings is 3. The van der Waals surface area contributed by atoms with Crippen molar-refractivity contribution in [3.63, 3.8) is 0 Å². The van der Waals surface area contributed by atoms with Crippen LogP contribution >= 0.6 is 11.6 Å². The summed E-state index contributed by atoms with van der Waals surface area (Å²) in [4.78, 5) is 14.3. The molecular weight excluding hydrogens is 479 g/mol. The molecule has 1 N–H and O–H groups in total. The first kappa shape index (κ1) is 21.1. The Morgan fingerprint density at radius 2 is 1.92 bits per heavy atom. The zero-order chi connectivity index (χ0) is 24.2. The van der Waals surface area contributed by atoms with E-state index in [1.807, 2.05) is 51.7 Å². The van der Waals surface area contributed by atoms with Crippen LogP contribution in [0.4, 0.5) is 4.39 Å². The molecule has 0 aliphatic carbocycles. The molecule has 1 aliphatic heterocycles. The molecule has 6 aromatic rings. The van der Waals surface area contributed by atoms with Gasteiger partial charge in [-0.15, -0.1) is 5.10 Å². The van der Waals surface area contributed by atoms with Crippen molar-refractivity contribution in [3.05, 3.63) is 83.5 Å². The Bertz CT molecular complexity index is 1790. The van der Waals surface area contributed by atoms with Crippen molar-refractivity contribution in [3.8, 4) is 33.9 Å². The average Bonchev–Trinajstić information content (AvgIpc) is 3.51. The fraction of sp³-hybridized carbons (Fsp3) is 0.115.